The van der Waals surface area contributed by atoms with Crippen LogP contribution in [0.5, 0.6) is 5.75 Å². The Balaban J connectivity index is 1.43. The van der Waals surface area contributed by atoms with Crippen molar-refractivity contribution in [1.29, 1.82) is 0 Å². The first kappa shape index (κ1) is 18.7. The zero-order chi connectivity index (χ0) is 18.9. The van der Waals surface area contributed by atoms with E-state index in [1.807, 2.05) is 42.5 Å². The number of hydrogen-bond acceptors (Lipinski definition) is 3. The maximum absolute atomic E-state index is 11.3. The fraction of sp³-hybridized carbons (Fsp3) is 0.174. The number of nitrogens with one attached hydrogen (secondary N) is 1. The molecule has 0 fully saturated rings. The van der Waals surface area contributed by atoms with E-state index in [2.05, 4.69) is 29.6 Å². The summed E-state index contributed by atoms with van der Waals surface area (Å²) in [6.07, 6.45) is 1.01. The number of amides is 1. The highest BCUT2D eigenvalue weighted by molar-refractivity contribution is 5.94. The molecular weight excluding hydrogens is 336 g/mol. The highest BCUT2D eigenvalue weighted by atomic mass is 16.5. The standard InChI is InChI=1S/C23H24N2O2/c24-23(26)21-8-4-7-20(17-21)19-9-11-22(12-10-19)27-16-15-25-14-13-18-5-2-1-3-6-18/h1-12,17,25H,13-16H2,(H2,24,26). The molecule has 0 saturated heterocycles. The van der Waals surface area contributed by atoms with Crippen molar-refractivity contribution in [2.45, 2.75) is 6.42 Å². The van der Waals surface area contributed by atoms with Crippen LogP contribution >= 0.6 is 0 Å². The average molecular weight is 360 g/mol. The maximum atomic E-state index is 11.3. The van der Waals surface area contributed by atoms with Crippen LogP contribution < -0.4 is 15.8 Å². The molecule has 0 heterocycles. The van der Waals surface area contributed by atoms with Crippen LogP contribution in [0.2, 0.25) is 0 Å². The van der Waals surface area contributed by atoms with Gasteiger partial charge in [-0.05, 0) is 53.9 Å². The van der Waals surface area contributed by atoms with Gasteiger partial charge in [-0.15, -0.1) is 0 Å². The predicted octanol–water partition coefficient (Wildman–Crippen LogP) is 3.66. The molecule has 3 N–H and O–H groups in total. The van der Waals surface area contributed by atoms with E-state index in [0.29, 0.717) is 12.2 Å². The Morgan fingerprint density at radius 1 is 0.852 bits per heavy atom. The molecular formula is C23H24N2O2. The van der Waals surface area contributed by atoms with Gasteiger partial charge in [0.2, 0.25) is 5.91 Å². The number of primary amides is 1. The van der Waals surface area contributed by atoms with E-state index in [9.17, 15) is 4.79 Å². The topological polar surface area (TPSA) is 64.4 Å². The molecule has 3 aromatic rings. The largest absolute Gasteiger partial charge is 0.492 e. The molecule has 0 aliphatic rings. The van der Waals surface area contributed by atoms with Gasteiger partial charge < -0.3 is 15.8 Å². The molecule has 0 aliphatic heterocycles. The molecule has 0 radical (unpaired) electrons. The number of hydrogen-bond donors (Lipinski definition) is 2. The summed E-state index contributed by atoms with van der Waals surface area (Å²) in [4.78, 5) is 11.3. The zero-order valence-corrected chi connectivity index (χ0v) is 15.2. The molecule has 0 aromatic heterocycles. The van der Waals surface area contributed by atoms with Crippen LogP contribution in [-0.4, -0.2) is 25.6 Å². The third kappa shape index (κ3) is 5.69. The molecule has 1 amide bonds. The Hall–Kier alpha value is -3.11. The van der Waals surface area contributed by atoms with E-state index < -0.39 is 5.91 Å². The van der Waals surface area contributed by atoms with Crippen LogP contribution in [0.1, 0.15) is 15.9 Å². The van der Waals surface area contributed by atoms with Crippen molar-refractivity contribution in [1.82, 2.24) is 5.32 Å². The number of carbonyl (C=O) groups is 1. The van der Waals surface area contributed by atoms with Crippen LogP contribution in [0, 0.1) is 0 Å². The lowest BCUT2D eigenvalue weighted by molar-refractivity contribution is 0.100. The summed E-state index contributed by atoms with van der Waals surface area (Å²) >= 11 is 0. The van der Waals surface area contributed by atoms with Gasteiger partial charge in [0, 0.05) is 12.1 Å². The van der Waals surface area contributed by atoms with Gasteiger partial charge in [-0.1, -0.05) is 54.6 Å². The number of rotatable bonds is 9. The lowest BCUT2D eigenvalue weighted by atomic mass is 10.0. The number of ether oxygens (including phenoxy) is 1. The third-order valence-electron chi connectivity index (χ3n) is 4.32. The molecule has 0 aliphatic carbocycles. The van der Waals surface area contributed by atoms with Crippen LogP contribution in [0.25, 0.3) is 11.1 Å². The third-order valence-corrected chi connectivity index (χ3v) is 4.32. The SMILES string of the molecule is NC(=O)c1cccc(-c2ccc(OCCNCCc3ccccc3)cc2)c1. The molecule has 0 unspecified atom stereocenters. The second-order valence-electron chi connectivity index (χ2n) is 6.30. The summed E-state index contributed by atoms with van der Waals surface area (Å²) in [5.74, 6) is 0.409. The van der Waals surface area contributed by atoms with Gasteiger partial charge in [0.1, 0.15) is 12.4 Å². The summed E-state index contributed by atoms with van der Waals surface area (Å²) in [6.45, 7) is 2.35. The van der Waals surface area contributed by atoms with Crippen LogP contribution in [0.4, 0.5) is 0 Å². The minimum absolute atomic E-state index is 0.420. The minimum Gasteiger partial charge on any atom is -0.492 e. The first-order chi connectivity index (χ1) is 13.2. The Kier molecular flexibility index (Phi) is 6.61. The van der Waals surface area contributed by atoms with E-state index in [4.69, 9.17) is 10.5 Å². The first-order valence-corrected chi connectivity index (χ1v) is 9.10. The number of nitrogens with two attached hydrogens (primary N) is 1. The molecule has 4 nitrogen and oxygen atoms in total. The van der Waals surface area contributed by atoms with Gasteiger partial charge in [-0.25, -0.2) is 0 Å². The average Bonchev–Trinajstić information content (AvgIpc) is 2.72. The van der Waals surface area contributed by atoms with Gasteiger partial charge in [0.05, 0.1) is 0 Å². The molecule has 0 atom stereocenters. The molecule has 3 rings (SSSR count). The van der Waals surface area contributed by atoms with Gasteiger partial charge in [-0.3, -0.25) is 4.79 Å². The van der Waals surface area contributed by atoms with E-state index in [0.717, 1.165) is 36.4 Å². The normalized spacial score (nSPS) is 10.5. The molecule has 0 saturated carbocycles. The summed E-state index contributed by atoms with van der Waals surface area (Å²) < 4.78 is 5.77. The van der Waals surface area contributed by atoms with Crippen LogP contribution in [0.3, 0.4) is 0 Å². The molecule has 3 aromatic carbocycles. The monoisotopic (exact) mass is 360 g/mol. The number of benzene rings is 3. The van der Waals surface area contributed by atoms with Crippen molar-refractivity contribution in [2.75, 3.05) is 19.7 Å². The molecule has 27 heavy (non-hydrogen) atoms. The fourth-order valence-electron chi connectivity index (χ4n) is 2.84. The summed E-state index contributed by atoms with van der Waals surface area (Å²) in [5.41, 5.74) is 9.16. The van der Waals surface area contributed by atoms with Crippen molar-refractivity contribution in [2.24, 2.45) is 5.73 Å². The second kappa shape index (κ2) is 9.55. The van der Waals surface area contributed by atoms with Crippen molar-refractivity contribution in [3.63, 3.8) is 0 Å². The molecule has 138 valence electrons. The Morgan fingerprint density at radius 2 is 1.63 bits per heavy atom. The molecule has 0 spiro atoms. The lowest BCUT2D eigenvalue weighted by Gasteiger charge is -2.09. The van der Waals surface area contributed by atoms with Gasteiger partial charge >= 0.3 is 0 Å². The van der Waals surface area contributed by atoms with Crippen molar-refractivity contribution < 1.29 is 9.53 Å². The fourth-order valence-corrected chi connectivity index (χ4v) is 2.84. The van der Waals surface area contributed by atoms with Crippen molar-refractivity contribution >= 4 is 5.91 Å². The highest BCUT2D eigenvalue weighted by Gasteiger charge is 2.03. The van der Waals surface area contributed by atoms with Gasteiger partial charge in [0.25, 0.3) is 0 Å². The summed E-state index contributed by atoms with van der Waals surface area (Å²) in [5, 5.41) is 3.39. The van der Waals surface area contributed by atoms with E-state index >= 15 is 0 Å². The maximum Gasteiger partial charge on any atom is 0.248 e. The van der Waals surface area contributed by atoms with Crippen LogP contribution in [0.15, 0.2) is 78.9 Å². The molecule has 0 bridgehead atoms. The molecule has 4 heteroatoms. The van der Waals surface area contributed by atoms with E-state index in [-0.39, 0.29) is 0 Å². The Morgan fingerprint density at radius 3 is 2.37 bits per heavy atom. The van der Waals surface area contributed by atoms with E-state index in [1.165, 1.54) is 5.56 Å². The predicted molar refractivity (Wildman–Crippen MR) is 109 cm³/mol. The zero-order valence-electron chi connectivity index (χ0n) is 15.2. The lowest BCUT2D eigenvalue weighted by Crippen LogP contribution is -2.23. The summed E-state index contributed by atoms with van der Waals surface area (Å²) in [6, 6.07) is 25.6. The van der Waals surface area contributed by atoms with Gasteiger partial charge in [0.15, 0.2) is 0 Å². The smallest absolute Gasteiger partial charge is 0.248 e. The first-order valence-electron chi connectivity index (χ1n) is 9.10. The summed E-state index contributed by atoms with van der Waals surface area (Å²) in [7, 11) is 0. The second-order valence-corrected chi connectivity index (χ2v) is 6.30. The minimum atomic E-state index is -0.420. The number of carbonyl (C=O) groups excluding carboxylic acids is 1. The highest BCUT2D eigenvalue weighted by Crippen LogP contribution is 2.23. The quantitative estimate of drug-likeness (QED) is 0.572. The van der Waals surface area contributed by atoms with Crippen LogP contribution in [-0.2, 0) is 6.42 Å². The Labute approximate surface area is 160 Å². The van der Waals surface area contributed by atoms with Crippen molar-refractivity contribution in [3.8, 4) is 16.9 Å². The Bertz CT molecular complexity index is 861. The van der Waals surface area contributed by atoms with Gasteiger partial charge in [-0.2, -0.15) is 0 Å². The van der Waals surface area contributed by atoms with E-state index in [1.54, 1.807) is 12.1 Å². The van der Waals surface area contributed by atoms with Crippen molar-refractivity contribution in [3.05, 3.63) is 90.0 Å².